The van der Waals surface area contributed by atoms with Gasteiger partial charge in [0.25, 0.3) is 0 Å². The highest BCUT2D eigenvalue weighted by atomic mass is 16.2. The van der Waals surface area contributed by atoms with E-state index in [9.17, 15) is 9.59 Å². The molecule has 0 fully saturated rings. The predicted molar refractivity (Wildman–Crippen MR) is 45.0 cm³/mol. The van der Waals surface area contributed by atoms with E-state index in [1.54, 1.807) is 0 Å². The summed E-state index contributed by atoms with van der Waals surface area (Å²) in [4.78, 5) is 20.6. The molecular weight excluding hydrogens is 158 g/mol. The molecule has 0 rings (SSSR count). The molecule has 0 spiro atoms. The number of rotatable bonds is 6. The van der Waals surface area contributed by atoms with Crippen LogP contribution in [0.15, 0.2) is 0 Å². The van der Waals surface area contributed by atoms with Gasteiger partial charge in [0.15, 0.2) is 0 Å². The molecule has 0 aliphatic rings. The summed E-state index contributed by atoms with van der Waals surface area (Å²) < 4.78 is 0. The second kappa shape index (κ2) is 6.45. The summed E-state index contributed by atoms with van der Waals surface area (Å²) in [6, 6.07) is -0.710. The lowest BCUT2D eigenvalue weighted by atomic mass is 10.2. The summed E-state index contributed by atoms with van der Waals surface area (Å²) in [7, 11) is 0. The number of nitrogens with one attached hydrogen (secondary N) is 1. The number of hydrogen-bond donors (Lipinski definition) is 2. The van der Waals surface area contributed by atoms with E-state index in [0.29, 0.717) is 13.0 Å². The van der Waals surface area contributed by atoms with Crippen LogP contribution in [0.5, 0.6) is 0 Å². The van der Waals surface area contributed by atoms with Crippen molar-refractivity contribution >= 4 is 12.4 Å². The van der Waals surface area contributed by atoms with Gasteiger partial charge in [-0.3, -0.25) is 9.80 Å². The highest BCUT2D eigenvalue weighted by Gasteiger charge is 2.01. The molecule has 0 unspecified atom stereocenters. The maximum Gasteiger partial charge on any atom is 0.331 e. The zero-order valence-electron chi connectivity index (χ0n) is 7.25. The van der Waals surface area contributed by atoms with E-state index in [-0.39, 0.29) is 0 Å². The van der Waals surface area contributed by atoms with Gasteiger partial charge in [-0.2, -0.15) is 0 Å². The van der Waals surface area contributed by atoms with Crippen LogP contribution in [0, 0.1) is 0 Å². The number of nitrogens with two attached hydrogens (primary N) is 1. The summed E-state index contributed by atoms with van der Waals surface area (Å²) >= 11 is 0. The first-order valence-electron chi connectivity index (χ1n) is 3.98. The van der Waals surface area contributed by atoms with Crippen molar-refractivity contribution in [3.05, 3.63) is 0 Å². The summed E-state index contributed by atoms with van der Waals surface area (Å²) in [6.45, 7) is 2.58. The molecule has 3 amide bonds. The van der Waals surface area contributed by atoms with E-state index < -0.39 is 6.03 Å². The fraction of sp³-hybridized carbons (Fsp3) is 0.714. The number of nitrogens with zero attached hydrogens (tertiary/aromatic N) is 1. The van der Waals surface area contributed by atoms with Crippen LogP contribution >= 0.6 is 0 Å². The smallest absolute Gasteiger partial charge is 0.331 e. The first-order valence-corrected chi connectivity index (χ1v) is 3.98. The quantitative estimate of drug-likeness (QED) is 0.342. The fourth-order valence-corrected chi connectivity index (χ4v) is 0.809. The van der Waals surface area contributed by atoms with Gasteiger partial charge in [-0.05, 0) is 6.42 Å². The largest absolute Gasteiger partial charge is 0.350 e. The van der Waals surface area contributed by atoms with Crippen LogP contribution in [0.3, 0.4) is 0 Å². The molecular formula is C7H15N3O2. The molecule has 0 saturated carbocycles. The summed E-state index contributed by atoms with van der Waals surface area (Å²) in [5, 5.41) is 1.15. The molecule has 0 aliphatic heterocycles. The molecule has 5 heteroatoms. The van der Waals surface area contributed by atoms with Gasteiger partial charge in [-0.1, -0.05) is 19.8 Å². The Kier molecular flexibility index (Phi) is 5.77. The number of unbranched alkanes of at least 4 members (excludes halogenated alkanes) is 2. The minimum Gasteiger partial charge on any atom is -0.350 e. The molecule has 0 aromatic carbocycles. The highest BCUT2D eigenvalue weighted by Crippen LogP contribution is 1.94. The average molecular weight is 173 g/mol. The number of hydrazine groups is 1. The van der Waals surface area contributed by atoms with Crippen LogP contribution < -0.4 is 11.2 Å². The predicted octanol–water partition coefficient (Wildman–Crippen LogP) is 0.218. The maximum absolute atomic E-state index is 10.3. The highest BCUT2D eigenvalue weighted by molar-refractivity contribution is 5.72. The number of carbonyl (C=O) groups excluding carboxylic acids is 2. The second-order valence-electron chi connectivity index (χ2n) is 2.48. The number of hydrogen-bond acceptors (Lipinski definition) is 2. The van der Waals surface area contributed by atoms with Crippen LogP contribution in [0.2, 0.25) is 0 Å². The van der Waals surface area contributed by atoms with Crippen LogP contribution in [0.25, 0.3) is 0 Å². The maximum atomic E-state index is 10.3. The average Bonchev–Trinajstić information content (AvgIpc) is 2.02. The third kappa shape index (κ3) is 5.52. The topological polar surface area (TPSA) is 75.4 Å². The third-order valence-electron chi connectivity index (χ3n) is 1.38. The van der Waals surface area contributed by atoms with Gasteiger partial charge < -0.3 is 5.73 Å². The van der Waals surface area contributed by atoms with Gasteiger partial charge in [-0.15, -0.1) is 0 Å². The van der Waals surface area contributed by atoms with E-state index in [2.05, 4.69) is 12.3 Å². The van der Waals surface area contributed by atoms with Crippen LogP contribution in [-0.4, -0.2) is 24.0 Å². The zero-order chi connectivity index (χ0) is 9.40. The monoisotopic (exact) mass is 173 g/mol. The molecule has 0 bridgehead atoms. The zero-order valence-corrected chi connectivity index (χ0v) is 7.25. The Morgan fingerprint density at radius 3 is 2.67 bits per heavy atom. The normalized spacial score (nSPS) is 9.08. The second-order valence-corrected chi connectivity index (χ2v) is 2.48. The van der Waals surface area contributed by atoms with Crippen molar-refractivity contribution in [2.45, 2.75) is 26.2 Å². The molecule has 3 N–H and O–H groups in total. The molecule has 0 radical (unpaired) electrons. The Morgan fingerprint density at radius 1 is 1.58 bits per heavy atom. The Balaban J connectivity index is 3.53. The lowest BCUT2D eigenvalue weighted by molar-refractivity contribution is -0.120. The van der Waals surface area contributed by atoms with Crippen molar-refractivity contribution < 1.29 is 9.59 Å². The standard InChI is InChI=1S/C7H15N3O2/c1-2-3-4-5-10(6-11)9-7(8)12/h6H,2-5H2,1H3,(H3,8,9,12). The van der Waals surface area contributed by atoms with Gasteiger partial charge in [0, 0.05) is 6.54 Å². The molecule has 0 atom stereocenters. The molecule has 0 heterocycles. The van der Waals surface area contributed by atoms with Crippen LogP contribution in [0.4, 0.5) is 4.79 Å². The molecule has 5 nitrogen and oxygen atoms in total. The van der Waals surface area contributed by atoms with Gasteiger partial charge >= 0.3 is 6.03 Å². The van der Waals surface area contributed by atoms with Crippen molar-refractivity contribution in [3.63, 3.8) is 0 Å². The minimum atomic E-state index is -0.710. The van der Waals surface area contributed by atoms with Crippen molar-refractivity contribution in [3.8, 4) is 0 Å². The number of primary amides is 1. The Hall–Kier alpha value is -1.26. The molecule has 70 valence electrons. The molecule has 0 aromatic rings. The first-order chi connectivity index (χ1) is 5.70. The third-order valence-corrected chi connectivity index (χ3v) is 1.38. The Morgan fingerprint density at radius 2 is 2.25 bits per heavy atom. The van der Waals surface area contributed by atoms with E-state index >= 15 is 0 Å². The minimum absolute atomic E-state index is 0.514. The number of urea groups is 1. The molecule has 12 heavy (non-hydrogen) atoms. The summed E-state index contributed by atoms with van der Waals surface area (Å²) in [5.74, 6) is 0. The summed E-state index contributed by atoms with van der Waals surface area (Å²) in [5.41, 5.74) is 7.02. The van der Waals surface area contributed by atoms with E-state index in [1.807, 2.05) is 0 Å². The van der Waals surface area contributed by atoms with E-state index in [1.165, 1.54) is 0 Å². The Labute approximate surface area is 71.9 Å². The first kappa shape index (κ1) is 10.7. The lowest BCUT2D eigenvalue weighted by Gasteiger charge is -2.15. The molecule has 0 aromatic heterocycles. The number of carbonyl (C=O) groups is 2. The van der Waals surface area contributed by atoms with Crippen LogP contribution in [-0.2, 0) is 4.79 Å². The van der Waals surface area contributed by atoms with Crippen LogP contribution in [0.1, 0.15) is 26.2 Å². The van der Waals surface area contributed by atoms with Gasteiger partial charge in [0.1, 0.15) is 0 Å². The van der Waals surface area contributed by atoms with Crippen molar-refractivity contribution in [2.24, 2.45) is 5.73 Å². The van der Waals surface area contributed by atoms with Gasteiger partial charge in [-0.25, -0.2) is 10.2 Å². The fourth-order valence-electron chi connectivity index (χ4n) is 0.809. The Bertz CT molecular complexity index is 150. The van der Waals surface area contributed by atoms with Gasteiger partial charge in [0.2, 0.25) is 6.41 Å². The summed E-state index contributed by atoms with van der Waals surface area (Å²) in [6.07, 6.45) is 3.53. The van der Waals surface area contributed by atoms with Gasteiger partial charge in [0.05, 0.1) is 0 Å². The van der Waals surface area contributed by atoms with E-state index in [0.717, 1.165) is 24.3 Å². The SMILES string of the molecule is CCCCCN(C=O)NC(N)=O. The van der Waals surface area contributed by atoms with Crippen molar-refractivity contribution in [1.29, 1.82) is 0 Å². The number of amides is 3. The molecule has 0 saturated heterocycles. The van der Waals surface area contributed by atoms with E-state index in [4.69, 9.17) is 5.73 Å². The van der Waals surface area contributed by atoms with Crippen molar-refractivity contribution in [1.82, 2.24) is 10.4 Å². The lowest BCUT2D eigenvalue weighted by Crippen LogP contribution is -2.44. The molecule has 0 aliphatic carbocycles. The van der Waals surface area contributed by atoms with Crippen molar-refractivity contribution in [2.75, 3.05) is 6.54 Å².